The molecule has 0 aliphatic carbocycles. The third-order valence-corrected chi connectivity index (χ3v) is 7.23. The van der Waals surface area contributed by atoms with E-state index >= 15 is 0 Å². The van der Waals surface area contributed by atoms with Crippen molar-refractivity contribution in [1.29, 1.82) is 0 Å². The lowest BCUT2D eigenvalue weighted by molar-refractivity contribution is -0.137. The molecule has 2 atom stereocenters. The predicted octanol–water partition coefficient (Wildman–Crippen LogP) is 2.64. The Morgan fingerprint density at radius 1 is 1.23 bits per heavy atom. The molecule has 1 aromatic rings. The highest BCUT2D eigenvalue weighted by molar-refractivity contribution is 7.99. The standard InChI is InChI=1S/C21H28F3N3O2S/c22-21(23,24)16-2-3-18-15(12-16)13-17(19-14-30-11-8-27(18)19)20(28)25-4-1-5-26-6-9-29-10-7-26/h2-3,12,17,19H,1,4-11,13-14H2,(H,25,28). The molecule has 2 unspecified atom stereocenters. The first-order valence-corrected chi connectivity index (χ1v) is 11.7. The maximum Gasteiger partial charge on any atom is 0.416 e. The Balaban J connectivity index is 1.41. The monoisotopic (exact) mass is 443 g/mol. The summed E-state index contributed by atoms with van der Waals surface area (Å²) in [5, 5.41) is 3.05. The first-order chi connectivity index (χ1) is 14.4. The van der Waals surface area contributed by atoms with Crippen molar-refractivity contribution in [1.82, 2.24) is 10.2 Å². The molecule has 166 valence electrons. The summed E-state index contributed by atoms with van der Waals surface area (Å²) in [5.41, 5.74) is 0.835. The molecule has 0 saturated carbocycles. The van der Waals surface area contributed by atoms with Crippen LogP contribution in [0.3, 0.4) is 0 Å². The molecule has 2 fully saturated rings. The number of carbonyl (C=O) groups excluding carboxylic acids is 1. The Morgan fingerprint density at radius 3 is 2.80 bits per heavy atom. The smallest absolute Gasteiger partial charge is 0.379 e. The lowest BCUT2D eigenvalue weighted by Gasteiger charge is -2.45. The lowest BCUT2D eigenvalue weighted by Crippen LogP contribution is -2.55. The normalized spacial score (nSPS) is 24.8. The van der Waals surface area contributed by atoms with Crippen molar-refractivity contribution in [3.8, 4) is 0 Å². The molecule has 0 radical (unpaired) electrons. The second-order valence-electron chi connectivity index (χ2n) is 8.09. The minimum atomic E-state index is -4.37. The summed E-state index contributed by atoms with van der Waals surface area (Å²) in [5.74, 6) is 1.38. The van der Waals surface area contributed by atoms with Crippen LogP contribution in [0.15, 0.2) is 18.2 Å². The van der Waals surface area contributed by atoms with Gasteiger partial charge in [-0.25, -0.2) is 0 Å². The number of nitrogens with one attached hydrogen (secondary N) is 1. The van der Waals surface area contributed by atoms with Gasteiger partial charge in [0.15, 0.2) is 0 Å². The van der Waals surface area contributed by atoms with Crippen molar-refractivity contribution < 1.29 is 22.7 Å². The second kappa shape index (κ2) is 9.36. The predicted molar refractivity (Wildman–Crippen MR) is 112 cm³/mol. The number of hydrogen-bond acceptors (Lipinski definition) is 5. The Hall–Kier alpha value is -1.45. The van der Waals surface area contributed by atoms with Crippen LogP contribution in [-0.4, -0.2) is 74.3 Å². The third-order valence-electron chi connectivity index (χ3n) is 6.18. The molecule has 0 spiro atoms. The first kappa shape index (κ1) is 21.8. The van der Waals surface area contributed by atoms with E-state index in [9.17, 15) is 18.0 Å². The number of alkyl halides is 3. The molecule has 0 bridgehead atoms. The largest absolute Gasteiger partial charge is 0.416 e. The fourth-order valence-corrected chi connectivity index (χ4v) is 5.72. The minimum absolute atomic E-state index is 0.0345. The van der Waals surface area contributed by atoms with E-state index in [4.69, 9.17) is 4.74 Å². The van der Waals surface area contributed by atoms with Gasteiger partial charge in [-0.05, 0) is 43.1 Å². The molecular formula is C21H28F3N3O2S. The van der Waals surface area contributed by atoms with Crippen LogP contribution in [0.2, 0.25) is 0 Å². The van der Waals surface area contributed by atoms with Crippen LogP contribution in [0, 0.1) is 5.92 Å². The molecule has 0 aromatic heterocycles. The van der Waals surface area contributed by atoms with Crippen molar-refractivity contribution in [2.45, 2.75) is 25.1 Å². The first-order valence-electron chi connectivity index (χ1n) is 10.6. The Kier molecular flexibility index (Phi) is 6.79. The Labute approximate surface area is 179 Å². The topological polar surface area (TPSA) is 44.8 Å². The van der Waals surface area contributed by atoms with Crippen molar-refractivity contribution >= 4 is 23.4 Å². The zero-order valence-corrected chi connectivity index (χ0v) is 17.7. The number of benzene rings is 1. The van der Waals surface area contributed by atoms with Crippen LogP contribution in [0.5, 0.6) is 0 Å². The number of anilines is 1. The van der Waals surface area contributed by atoms with Gasteiger partial charge >= 0.3 is 6.18 Å². The molecule has 3 aliphatic rings. The van der Waals surface area contributed by atoms with Crippen LogP contribution < -0.4 is 10.2 Å². The summed E-state index contributed by atoms with van der Waals surface area (Å²) in [6, 6.07) is 4.00. The molecule has 1 N–H and O–H groups in total. The van der Waals surface area contributed by atoms with Gasteiger partial charge < -0.3 is 15.0 Å². The Bertz CT molecular complexity index is 756. The number of rotatable bonds is 5. The number of halogens is 3. The van der Waals surface area contributed by atoms with Gasteiger partial charge in [-0.2, -0.15) is 24.9 Å². The van der Waals surface area contributed by atoms with Gasteiger partial charge in [0.25, 0.3) is 0 Å². The number of carbonyl (C=O) groups is 1. The van der Waals surface area contributed by atoms with Crippen LogP contribution in [-0.2, 0) is 22.1 Å². The molecule has 2 saturated heterocycles. The van der Waals surface area contributed by atoms with Crippen molar-refractivity contribution in [3.63, 3.8) is 0 Å². The van der Waals surface area contributed by atoms with Crippen LogP contribution in [0.1, 0.15) is 17.5 Å². The number of thioether (sulfide) groups is 1. The van der Waals surface area contributed by atoms with Gasteiger partial charge in [0.2, 0.25) is 5.91 Å². The van der Waals surface area contributed by atoms with Crippen LogP contribution >= 0.6 is 11.8 Å². The summed E-state index contributed by atoms with van der Waals surface area (Å²) >= 11 is 1.81. The molecular weight excluding hydrogens is 415 g/mol. The molecule has 30 heavy (non-hydrogen) atoms. The van der Waals surface area contributed by atoms with Gasteiger partial charge in [-0.3, -0.25) is 9.69 Å². The number of hydrogen-bond donors (Lipinski definition) is 1. The average molecular weight is 444 g/mol. The number of morpholine rings is 1. The van der Waals surface area contributed by atoms with Gasteiger partial charge in [0.05, 0.1) is 24.7 Å². The van der Waals surface area contributed by atoms with E-state index in [0.717, 1.165) is 69.1 Å². The molecule has 3 aliphatic heterocycles. The zero-order valence-electron chi connectivity index (χ0n) is 16.9. The van der Waals surface area contributed by atoms with Crippen molar-refractivity contribution in [3.05, 3.63) is 29.3 Å². The molecule has 5 nitrogen and oxygen atoms in total. The van der Waals surface area contributed by atoms with Gasteiger partial charge in [-0.1, -0.05) is 0 Å². The summed E-state index contributed by atoms with van der Waals surface area (Å²) in [6.45, 7) is 5.60. The summed E-state index contributed by atoms with van der Waals surface area (Å²) < 4.78 is 44.9. The minimum Gasteiger partial charge on any atom is -0.379 e. The van der Waals surface area contributed by atoms with Crippen LogP contribution in [0.4, 0.5) is 18.9 Å². The summed E-state index contributed by atoms with van der Waals surface area (Å²) in [6.07, 6.45) is -3.16. The highest BCUT2D eigenvalue weighted by Gasteiger charge is 2.41. The van der Waals surface area contributed by atoms with Gasteiger partial charge in [-0.15, -0.1) is 0 Å². The van der Waals surface area contributed by atoms with E-state index < -0.39 is 11.7 Å². The molecule has 1 aromatic carbocycles. The SMILES string of the molecule is O=C(NCCCN1CCOCC1)C1Cc2cc(C(F)(F)F)ccc2N2CCSCC12. The highest BCUT2D eigenvalue weighted by atomic mass is 32.2. The van der Waals surface area contributed by atoms with Crippen molar-refractivity contribution in [2.24, 2.45) is 5.92 Å². The molecule has 4 rings (SSSR count). The molecule has 9 heteroatoms. The maximum absolute atomic E-state index is 13.2. The lowest BCUT2D eigenvalue weighted by atomic mass is 9.84. The van der Waals surface area contributed by atoms with Gasteiger partial charge in [0.1, 0.15) is 0 Å². The van der Waals surface area contributed by atoms with E-state index in [1.165, 1.54) is 6.07 Å². The molecule has 3 heterocycles. The van der Waals surface area contributed by atoms with E-state index in [1.54, 1.807) is 6.07 Å². The summed E-state index contributed by atoms with van der Waals surface area (Å²) in [7, 11) is 0. The second-order valence-corrected chi connectivity index (χ2v) is 9.24. The maximum atomic E-state index is 13.2. The highest BCUT2D eigenvalue weighted by Crippen LogP contribution is 2.40. The fraction of sp³-hybridized carbons (Fsp3) is 0.667. The van der Waals surface area contributed by atoms with E-state index in [-0.39, 0.29) is 17.9 Å². The van der Waals surface area contributed by atoms with E-state index in [2.05, 4.69) is 15.1 Å². The summed E-state index contributed by atoms with van der Waals surface area (Å²) in [4.78, 5) is 17.5. The zero-order chi connectivity index (χ0) is 21.1. The third kappa shape index (κ3) is 4.89. The van der Waals surface area contributed by atoms with E-state index in [0.29, 0.717) is 18.5 Å². The van der Waals surface area contributed by atoms with Crippen LogP contribution in [0.25, 0.3) is 0 Å². The number of amides is 1. The van der Waals surface area contributed by atoms with Crippen molar-refractivity contribution in [2.75, 3.05) is 62.3 Å². The Morgan fingerprint density at radius 2 is 2.03 bits per heavy atom. The van der Waals surface area contributed by atoms with E-state index in [1.807, 2.05) is 11.8 Å². The van der Waals surface area contributed by atoms with Gasteiger partial charge in [0, 0.05) is 49.4 Å². The number of fused-ring (bicyclic) bond motifs is 3. The number of ether oxygens (including phenoxy) is 1. The molecule has 1 amide bonds. The quantitative estimate of drug-likeness (QED) is 0.709. The fourth-order valence-electron chi connectivity index (χ4n) is 4.57. The number of nitrogens with zero attached hydrogens (tertiary/aromatic N) is 2. The average Bonchev–Trinajstić information content (AvgIpc) is 2.75.